The molecule has 0 saturated heterocycles. The molecule has 0 amide bonds. The monoisotopic (exact) mass is 302 g/mol. The van der Waals surface area contributed by atoms with Gasteiger partial charge in [-0.15, -0.1) is 0 Å². The van der Waals surface area contributed by atoms with Crippen molar-refractivity contribution in [2.75, 3.05) is 27.9 Å². The third-order valence-electron chi connectivity index (χ3n) is 3.13. The predicted molar refractivity (Wildman–Crippen MR) is 82.4 cm³/mol. The molecule has 0 N–H and O–H groups in total. The number of hydrogen-bond donors (Lipinski definition) is 0. The van der Waals surface area contributed by atoms with Gasteiger partial charge in [0.2, 0.25) is 0 Å². The largest absolute Gasteiger partial charge is 0.493 e. The van der Waals surface area contributed by atoms with Crippen molar-refractivity contribution >= 4 is 5.78 Å². The number of ketones is 1. The maximum absolute atomic E-state index is 12.2. The summed E-state index contributed by atoms with van der Waals surface area (Å²) in [5.41, 5.74) is 0.493. The van der Waals surface area contributed by atoms with E-state index >= 15 is 0 Å². The highest BCUT2D eigenvalue weighted by Gasteiger charge is 2.12. The molecular weight excluding hydrogens is 284 g/mol. The summed E-state index contributed by atoms with van der Waals surface area (Å²) in [6, 6.07) is 12.2. The fraction of sp³-hybridized carbons (Fsp3) is 0.235. The van der Waals surface area contributed by atoms with E-state index in [0.29, 0.717) is 28.6 Å². The molecule has 0 aliphatic carbocycles. The molecule has 0 aliphatic heterocycles. The van der Waals surface area contributed by atoms with Crippen molar-refractivity contribution in [3.05, 3.63) is 48.0 Å². The Morgan fingerprint density at radius 1 is 0.818 bits per heavy atom. The normalized spacial score (nSPS) is 9.95. The summed E-state index contributed by atoms with van der Waals surface area (Å²) in [5, 5.41) is 0. The van der Waals surface area contributed by atoms with Crippen molar-refractivity contribution < 1.29 is 23.7 Å². The number of ether oxygens (including phenoxy) is 4. The van der Waals surface area contributed by atoms with E-state index in [1.165, 1.54) is 7.11 Å². The van der Waals surface area contributed by atoms with Crippen molar-refractivity contribution in [1.82, 2.24) is 0 Å². The van der Waals surface area contributed by atoms with E-state index < -0.39 is 0 Å². The lowest BCUT2D eigenvalue weighted by molar-refractivity contribution is 0.0919. The second-order valence-corrected chi connectivity index (χ2v) is 4.43. The third-order valence-corrected chi connectivity index (χ3v) is 3.13. The summed E-state index contributed by atoms with van der Waals surface area (Å²) in [7, 11) is 4.62. The molecule has 22 heavy (non-hydrogen) atoms. The fourth-order valence-corrected chi connectivity index (χ4v) is 1.97. The zero-order valence-electron chi connectivity index (χ0n) is 12.8. The van der Waals surface area contributed by atoms with E-state index in [9.17, 15) is 4.79 Å². The van der Waals surface area contributed by atoms with Crippen LogP contribution in [0.2, 0.25) is 0 Å². The molecule has 5 nitrogen and oxygen atoms in total. The zero-order valence-corrected chi connectivity index (χ0v) is 12.8. The van der Waals surface area contributed by atoms with Crippen LogP contribution in [0.5, 0.6) is 23.0 Å². The molecule has 0 unspecified atom stereocenters. The van der Waals surface area contributed by atoms with Crippen LogP contribution in [0.1, 0.15) is 10.4 Å². The van der Waals surface area contributed by atoms with Gasteiger partial charge in [-0.1, -0.05) is 12.1 Å². The number of Topliss-reactive ketones (excluding diaryl/α,β-unsaturated/α-hetero) is 1. The molecule has 0 fully saturated rings. The van der Waals surface area contributed by atoms with Crippen LogP contribution in [0.25, 0.3) is 0 Å². The number of rotatable bonds is 7. The van der Waals surface area contributed by atoms with Crippen LogP contribution in [0.4, 0.5) is 0 Å². The van der Waals surface area contributed by atoms with Gasteiger partial charge in [0.1, 0.15) is 0 Å². The lowest BCUT2D eigenvalue weighted by Crippen LogP contribution is -2.12. The molecule has 0 bridgehead atoms. The van der Waals surface area contributed by atoms with Crippen LogP contribution in [0, 0.1) is 0 Å². The topological polar surface area (TPSA) is 54.0 Å². The Morgan fingerprint density at radius 2 is 1.41 bits per heavy atom. The minimum Gasteiger partial charge on any atom is -0.493 e. The molecule has 0 radical (unpaired) electrons. The smallest absolute Gasteiger partial charge is 0.200 e. The number of hydrogen-bond acceptors (Lipinski definition) is 5. The van der Waals surface area contributed by atoms with Crippen LogP contribution >= 0.6 is 0 Å². The molecule has 5 heteroatoms. The number of carbonyl (C=O) groups excluding carboxylic acids is 1. The van der Waals surface area contributed by atoms with Gasteiger partial charge >= 0.3 is 0 Å². The highest BCUT2D eigenvalue weighted by molar-refractivity contribution is 5.97. The Bertz CT molecular complexity index is 651. The van der Waals surface area contributed by atoms with Crippen LogP contribution in [-0.4, -0.2) is 33.7 Å². The molecule has 116 valence electrons. The minimum atomic E-state index is -0.160. The Balaban J connectivity index is 2.09. The number of para-hydroxylation sites is 2. The Kier molecular flexibility index (Phi) is 5.25. The lowest BCUT2D eigenvalue weighted by Gasteiger charge is -2.11. The average molecular weight is 302 g/mol. The van der Waals surface area contributed by atoms with Crippen LogP contribution in [0.3, 0.4) is 0 Å². The van der Waals surface area contributed by atoms with Gasteiger partial charge in [0.25, 0.3) is 0 Å². The molecule has 0 aromatic heterocycles. The van der Waals surface area contributed by atoms with Gasteiger partial charge in [0.15, 0.2) is 35.4 Å². The molecule has 0 saturated carbocycles. The first kappa shape index (κ1) is 15.7. The van der Waals surface area contributed by atoms with E-state index in [2.05, 4.69) is 0 Å². The number of methoxy groups -OCH3 is 3. The third kappa shape index (κ3) is 3.49. The SMILES string of the molecule is COc1ccc(C(=O)COc2ccccc2OC)cc1OC. The van der Waals surface area contributed by atoms with Crippen LogP contribution < -0.4 is 18.9 Å². The summed E-state index contributed by atoms with van der Waals surface area (Å²) in [6.07, 6.45) is 0. The second-order valence-electron chi connectivity index (χ2n) is 4.43. The van der Waals surface area contributed by atoms with Crippen molar-refractivity contribution in [1.29, 1.82) is 0 Å². The first-order valence-corrected chi connectivity index (χ1v) is 6.70. The Labute approximate surface area is 129 Å². The standard InChI is InChI=1S/C17H18O5/c1-19-14-6-4-5-7-16(14)22-11-13(18)12-8-9-15(20-2)17(10-12)21-3/h4-10H,11H2,1-3H3. The maximum atomic E-state index is 12.2. The number of carbonyl (C=O) groups is 1. The first-order chi connectivity index (χ1) is 10.7. The molecule has 2 aromatic carbocycles. The van der Waals surface area contributed by atoms with Crippen molar-refractivity contribution in [3.8, 4) is 23.0 Å². The van der Waals surface area contributed by atoms with Crippen molar-refractivity contribution in [2.45, 2.75) is 0 Å². The average Bonchev–Trinajstić information content (AvgIpc) is 2.59. The van der Waals surface area contributed by atoms with Crippen LogP contribution in [-0.2, 0) is 0 Å². The van der Waals surface area contributed by atoms with Gasteiger partial charge in [-0.3, -0.25) is 4.79 Å². The number of benzene rings is 2. The highest BCUT2D eigenvalue weighted by atomic mass is 16.5. The van der Waals surface area contributed by atoms with E-state index in [1.54, 1.807) is 44.6 Å². The van der Waals surface area contributed by atoms with E-state index in [-0.39, 0.29) is 12.4 Å². The van der Waals surface area contributed by atoms with Gasteiger partial charge < -0.3 is 18.9 Å². The van der Waals surface area contributed by atoms with Crippen molar-refractivity contribution in [2.24, 2.45) is 0 Å². The quantitative estimate of drug-likeness (QED) is 0.736. The van der Waals surface area contributed by atoms with Gasteiger partial charge in [-0.2, -0.15) is 0 Å². The fourth-order valence-electron chi connectivity index (χ4n) is 1.97. The summed E-state index contributed by atoms with van der Waals surface area (Å²) < 4.78 is 21.0. The first-order valence-electron chi connectivity index (χ1n) is 6.70. The predicted octanol–water partition coefficient (Wildman–Crippen LogP) is 2.97. The summed E-state index contributed by atoms with van der Waals surface area (Å²) >= 11 is 0. The molecule has 0 spiro atoms. The Morgan fingerprint density at radius 3 is 2.05 bits per heavy atom. The van der Waals surface area contributed by atoms with Crippen molar-refractivity contribution in [3.63, 3.8) is 0 Å². The molecule has 2 aromatic rings. The highest BCUT2D eigenvalue weighted by Crippen LogP contribution is 2.28. The van der Waals surface area contributed by atoms with E-state index in [1.807, 2.05) is 12.1 Å². The second kappa shape index (κ2) is 7.36. The molecule has 0 atom stereocenters. The van der Waals surface area contributed by atoms with Crippen LogP contribution in [0.15, 0.2) is 42.5 Å². The molecule has 2 rings (SSSR count). The molecule has 0 heterocycles. The summed E-state index contributed by atoms with van der Waals surface area (Å²) in [5.74, 6) is 2.03. The maximum Gasteiger partial charge on any atom is 0.200 e. The van der Waals surface area contributed by atoms with Gasteiger partial charge in [-0.25, -0.2) is 0 Å². The summed E-state index contributed by atoms with van der Waals surface area (Å²) in [6.45, 7) is -0.0874. The molecule has 0 aliphatic rings. The summed E-state index contributed by atoms with van der Waals surface area (Å²) in [4.78, 5) is 12.2. The minimum absolute atomic E-state index is 0.0874. The Hall–Kier alpha value is -2.69. The van der Waals surface area contributed by atoms with Gasteiger partial charge in [0.05, 0.1) is 21.3 Å². The lowest BCUT2D eigenvalue weighted by atomic mass is 10.1. The van der Waals surface area contributed by atoms with Gasteiger partial charge in [0, 0.05) is 5.56 Å². The zero-order chi connectivity index (χ0) is 15.9. The molecular formula is C17H18O5. The van der Waals surface area contributed by atoms with E-state index in [0.717, 1.165) is 0 Å². The van der Waals surface area contributed by atoms with Gasteiger partial charge in [-0.05, 0) is 30.3 Å². The van der Waals surface area contributed by atoms with E-state index in [4.69, 9.17) is 18.9 Å².